The summed E-state index contributed by atoms with van der Waals surface area (Å²) in [6, 6.07) is 17.9. The minimum absolute atomic E-state index is 0.0661. The molecular weight excluding hydrogens is 236 g/mol. The van der Waals surface area contributed by atoms with Gasteiger partial charge in [0.05, 0.1) is 6.04 Å². The molecule has 0 aromatic heterocycles. The number of carbonyl (C=O) groups is 1. The summed E-state index contributed by atoms with van der Waals surface area (Å²) >= 11 is 0. The highest BCUT2D eigenvalue weighted by atomic mass is 16.2. The highest BCUT2D eigenvalue weighted by molar-refractivity contribution is 5.74. The molecule has 1 atom stereocenters. The number of primary amides is 1. The molecule has 3 nitrogen and oxygen atoms in total. The molecule has 0 saturated heterocycles. The Morgan fingerprint density at radius 1 is 1.05 bits per heavy atom. The van der Waals surface area contributed by atoms with Gasteiger partial charge in [-0.05, 0) is 23.1 Å². The summed E-state index contributed by atoms with van der Waals surface area (Å²) in [4.78, 5) is 13.4. The third-order valence-corrected chi connectivity index (χ3v) is 3.68. The number of hydrogen-bond donors (Lipinski definition) is 1. The lowest BCUT2D eigenvalue weighted by Gasteiger charge is -2.36. The molecule has 2 aromatic carbocycles. The Bertz CT molecular complexity index is 595. The lowest BCUT2D eigenvalue weighted by atomic mass is 9.88. The van der Waals surface area contributed by atoms with Gasteiger partial charge in [-0.25, -0.2) is 4.79 Å². The molecule has 0 radical (unpaired) electrons. The first kappa shape index (κ1) is 11.8. The molecule has 1 heterocycles. The van der Waals surface area contributed by atoms with Gasteiger partial charge in [-0.1, -0.05) is 54.6 Å². The van der Waals surface area contributed by atoms with Crippen LogP contribution in [0.4, 0.5) is 4.79 Å². The van der Waals surface area contributed by atoms with Gasteiger partial charge in [-0.15, -0.1) is 0 Å². The molecule has 0 spiro atoms. The molecule has 1 aliphatic rings. The average molecular weight is 252 g/mol. The first-order valence-corrected chi connectivity index (χ1v) is 6.46. The Morgan fingerprint density at radius 3 is 2.47 bits per heavy atom. The Hall–Kier alpha value is -2.29. The Kier molecular flexibility index (Phi) is 2.95. The van der Waals surface area contributed by atoms with E-state index in [0.29, 0.717) is 6.54 Å². The van der Waals surface area contributed by atoms with Crippen molar-refractivity contribution in [2.24, 2.45) is 5.73 Å². The molecule has 3 rings (SSSR count). The fraction of sp³-hybridized carbons (Fsp3) is 0.188. The van der Waals surface area contributed by atoms with Gasteiger partial charge in [0.25, 0.3) is 0 Å². The molecule has 2 amide bonds. The summed E-state index contributed by atoms with van der Waals surface area (Å²) in [7, 11) is 0. The standard InChI is InChI=1S/C16H16N2O/c17-16(19)18-11-10-12-6-4-5-9-14(12)15(18)13-7-2-1-3-8-13/h1-9,15H,10-11H2,(H2,17,19)/t15-/m0/s1. The summed E-state index contributed by atoms with van der Waals surface area (Å²) in [6.45, 7) is 0.673. The van der Waals surface area contributed by atoms with Gasteiger partial charge < -0.3 is 10.6 Å². The SMILES string of the molecule is NC(=O)N1CCc2ccccc2[C@@H]1c1ccccc1. The topological polar surface area (TPSA) is 46.3 Å². The van der Waals surface area contributed by atoms with Gasteiger partial charge >= 0.3 is 6.03 Å². The highest BCUT2D eigenvalue weighted by Gasteiger charge is 2.30. The van der Waals surface area contributed by atoms with Crippen LogP contribution in [0.2, 0.25) is 0 Å². The molecule has 3 heteroatoms. The first-order valence-electron chi connectivity index (χ1n) is 6.46. The van der Waals surface area contributed by atoms with E-state index in [9.17, 15) is 4.79 Å². The molecule has 0 bridgehead atoms. The van der Waals surface area contributed by atoms with E-state index in [2.05, 4.69) is 12.1 Å². The van der Waals surface area contributed by atoms with Crippen LogP contribution in [0.5, 0.6) is 0 Å². The molecule has 0 fully saturated rings. The van der Waals surface area contributed by atoms with Crippen molar-refractivity contribution in [3.8, 4) is 0 Å². The van der Waals surface area contributed by atoms with Gasteiger partial charge in [0.1, 0.15) is 0 Å². The third-order valence-electron chi connectivity index (χ3n) is 3.68. The maximum Gasteiger partial charge on any atom is 0.315 e. The molecule has 1 aliphatic heterocycles. The Balaban J connectivity index is 2.13. The van der Waals surface area contributed by atoms with Crippen LogP contribution < -0.4 is 5.73 Å². The van der Waals surface area contributed by atoms with Crippen molar-refractivity contribution in [2.75, 3.05) is 6.54 Å². The summed E-state index contributed by atoms with van der Waals surface area (Å²) < 4.78 is 0. The number of urea groups is 1. The van der Waals surface area contributed by atoms with Crippen molar-refractivity contribution in [1.29, 1.82) is 0 Å². The minimum Gasteiger partial charge on any atom is -0.351 e. The second-order valence-corrected chi connectivity index (χ2v) is 4.79. The maximum atomic E-state index is 11.7. The van der Waals surface area contributed by atoms with Crippen LogP contribution in [0.15, 0.2) is 54.6 Å². The van der Waals surface area contributed by atoms with Gasteiger partial charge in [-0.2, -0.15) is 0 Å². The molecule has 2 aromatic rings. The van der Waals surface area contributed by atoms with E-state index in [1.807, 2.05) is 42.5 Å². The number of rotatable bonds is 1. The number of fused-ring (bicyclic) bond motifs is 1. The monoisotopic (exact) mass is 252 g/mol. The van der Waals surface area contributed by atoms with Crippen LogP contribution in [0, 0.1) is 0 Å². The smallest absolute Gasteiger partial charge is 0.315 e. The van der Waals surface area contributed by atoms with Gasteiger partial charge in [-0.3, -0.25) is 0 Å². The first-order chi connectivity index (χ1) is 9.27. The Morgan fingerprint density at radius 2 is 1.74 bits per heavy atom. The number of amides is 2. The van der Waals surface area contributed by atoms with Crippen molar-refractivity contribution >= 4 is 6.03 Å². The van der Waals surface area contributed by atoms with Gasteiger partial charge in [0.15, 0.2) is 0 Å². The quantitative estimate of drug-likeness (QED) is 0.833. The van der Waals surface area contributed by atoms with Crippen molar-refractivity contribution < 1.29 is 4.79 Å². The molecule has 19 heavy (non-hydrogen) atoms. The predicted octanol–water partition coefficient (Wildman–Crippen LogP) is 2.71. The van der Waals surface area contributed by atoms with Crippen molar-refractivity contribution in [1.82, 2.24) is 4.90 Å². The van der Waals surface area contributed by atoms with Crippen molar-refractivity contribution in [3.05, 3.63) is 71.3 Å². The number of benzene rings is 2. The van der Waals surface area contributed by atoms with E-state index in [1.54, 1.807) is 4.90 Å². The van der Waals surface area contributed by atoms with Crippen LogP contribution in [-0.2, 0) is 6.42 Å². The van der Waals surface area contributed by atoms with Crippen LogP contribution in [-0.4, -0.2) is 17.5 Å². The number of hydrogen-bond acceptors (Lipinski definition) is 1. The van der Waals surface area contributed by atoms with E-state index < -0.39 is 0 Å². The predicted molar refractivity (Wildman–Crippen MR) is 74.7 cm³/mol. The third kappa shape index (κ3) is 2.08. The summed E-state index contributed by atoms with van der Waals surface area (Å²) in [5.41, 5.74) is 9.12. The second kappa shape index (κ2) is 4.76. The van der Waals surface area contributed by atoms with Crippen molar-refractivity contribution in [2.45, 2.75) is 12.5 Å². The molecule has 2 N–H and O–H groups in total. The molecular formula is C16H16N2O. The summed E-state index contributed by atoms with van der Waals surface area (Å²) in [6.07, 6.45) is 0.864. The average Bonchev–Trinajstić information content (AvgIpc) is 2.46. The zero-order valence-corrected chi connectivity index (χ0v) is 10.6. The van der Waals surface area contributed by atoms with E-state index in [-0.39, 0.29) is 12.1 Å². The maximum absolute atomic E-state index is 11.7. The van der Waals surface area contributed by atoms with Crippen LogP contribution >= 0.6 is 0 Å². The zero-order valence-electron chi connectivity index (χ0n) is 10.6. The van der Waals surface area contributed by atoms with Crippen LogP contribution in [0.3, 0.4) is 0 Å². The van der Waals surface area contributed by atoms with E-state index in [0.717, 1.165) is 12.0 Å². The number of nitrogens with two attached hydrogens (primary N) is 1. The van der Waals surface area contributed by atoms with E-state index in [4.69, 9.17) is 5.73 Å². The van der Waals surface area contributed by atoms with Gasteiger partial charge in [0.2, 0.25) is 0 Å². The van der Waals surface area contributed by atoms with Crippen LogP contribution in [0.25, 0.3) is 0 Å². The second-order valence-electron chi connectivity index (χ2n) is 4.79. The molecule has 96 valence electrons. The lowest BCUT2D eigenvalue weighted by molar-refractivity contribution is 0.190. The highest BCUT2D eigenvalue weighted by Crippen LogP contribution is 2.34. The van der Waals surface area contributed by atoms with Gasteiger partial charge in [0, 0.05) is 6.54 Å². The summed E-state index contributed by atoms with van der Waals surface area (Å²) in [5.74, 6) is 0. The van der Waals surface area contributed by atoms with Crippen LogP contribution in [0.1, 0.15) is 22.7 Å². The molecule has 0 aliphatic carbocycles. The Labute approximate surface area is 112 Å². The number of carbonyl (C=O) groups excluding carboxylic acids is 1. The lowest BCUT2D eigenvalue weighted by Crippen LogP contribution is -2.43. The largest absolute Gasteiger partial charge is 0.351 e. The minimum atomic E-state index is -0.358. The van der Waals surface area contributed by atoms with Crippen molar-refractivity contribution in [3.63, 3.8) is 0 Å². The van der Waals surface area contributed by atoms with E-state index in [1.165, 1.54) is 11.1 Å². The van der Waals surface area contributed by atoms with E-state index >= 15 is 0 Å². The fourth-order valence-corrected chi connectivity index (χ4v) is 2.80. The summed E-state index contributed by atoms with van der Waals surface area (Å²) in [5, 5.41) is 0. The fourth-order valence-electron chi connectivity index (χ4n) is 2.80. The zero-order chi connectivity index (χ0) is 13.2. The molecule has 0 saturated carbocycles. The normalized spacial score (nSPS) is 17.9. The number of nitrogens with zero attached hydrogens (tertiary/aromatic N) is 1. The molecule has 0 unspecified atom stereocenters.